The third-order valence-electron chi connectivity index (χ3n) is 4.97. The molecule has 2 heteroatoms. The van der Waals surface area contributed by atoms with Gasteiger partial charge in [0, 0.05) is 0 Å². The molecule has 2 fully saturated rings. The van der Waals surface area contributed by atoms with Crippen molar-refractivity contribution in [1.29, 1.82) is 0 Å². The van der Waals surface area contributed by atoms with Crippen molar-refractivity contribution in [2.75, 3.05) is 13.1 Å². The maximum absolute atomic E-state index is 3.69. The summed E-state index contributed by atoms with van der Waals surface area (Å²) in [6.45, 7) is 7.42. The minimum atomic E-state index is 0.469. The van der Waals surface area contributed by atoms with Crippen LogP contribution in [0, 0.1) is 10.8 Å². The maximum atomic E-state index is 3.69. The Hall–Kier alpha value is 0.503. The number of nitrogens with one attached hydrogen (secondary N) is 1. The van der Waals surface area contributed by atoms with Gasteiger partial charge in [0.1, 0.15) is 0 Å². The van der Waals surface area contributed by atoms with Gasteiger partial charge in [0.2, 0.25) is 0 Å². The summed E-state index contributed by atoms with van der Waals surface area (Å²) >= 11 is 0.469. The van der Waals surface area contributed by atoms with Gasteiger partial charge < -0.3 is 0 Å². The van der Waals surface area contributed by atoms with E-state index in [-0.39, 0.29) is 0 Å². The van der Waals surface area contributed by atoms with Crippen molar-refractivity contribution in [3.05, 3.63) is 0 Å². The minimum absolute atomic E-state index is 0.469. The molecule has 0 aromatic heterocycles. The molecule has 1 nitrogen and oxygen atoms in total. The Morgan fingerprint density at radius 1 is 1.07 bits per heavy atom. The SMILES string of the molecule is CCC1(CC)CNCC12C[CH2][Ge][CH2]C2. The van der Waals surface area contributed by atoms with Crippen LogP contribution in [0.15, 0.2) is 0 Å². The van der Waals surface area contributed by atoms with Crippen LogP contribution in [-0.2, 0) is 0 Å². The molecule has 2 aliphatic rings. The summed E-state index contributed by atoms with van der Waals surface area (Å²) in [7, 11) is 0. The molecule has 80 valence electrons. The molecule has 0 bridgehead atoms. The first kappa shape index (κ1) is 11.0. The summed E-state index contributed by atoms with van der Waals surface area (Å²) in [6, 6.07) is 0. The van der Waals surface area contributed by atoms with Gasteiger partial charge in [0.15, 0.2) is 0 Å². The van der Waals surface area contributed by atoms with E-state index < -0.39 is 0 Å². The van der Waals surface area contributed by atoms with E-state index in [0.717, 1.165) is 0 Å². The Morgan fingerprint density at radius 2 is 1.71 bits per heavy atom. The van der Waals surface area contributed by atoms with Crippen LogP contribution < -0.4 is 5.32 Å². The molecular formula is C12H23GeN. The normalized spacial score (nSPS) is 29.6. The van der Waals surface area contributed by atoms with Crippen molar-refractivity contribution >= 4 is 15.4 Å². The van der Waals surface area contributed by atoms with E-state index in [0.29, 0.717) is 26.3 Å². The molecule has 0 aromatic carbocycles. The van der Waals surface area contributed by atoms with E-state index in [1.807, 2.05) is 0 Å². The number of hydrogen-bond acceptors (Lipinski definition) is 1. The van der Waals surface area contributed by atoms with Gasteiger partial charge in [0.25, 0.3) is 0 Å². The first-order chi connectivity index (χ1) is 6.79. The van der Waals surface area contributed by atoms with Crippen molar-refractivity contribution in [3.8, 4) is 0 Å². The Balaban J connectivity index is 2.22. The topological polar surface area (TPSA) is 12.0 Å². The van der Waals surface area contributed by atoms with Crippen LogP contribution in [-0.4, -0.2) is 28.5 Å². The van der Waals surface area contributed by atoms with Crippen LogP contribution in [0.4, 0.5) is 0 Å². The summed E-state index contributed by atoms with van der Waals surface area (Å²) < 4.78 is 0. The molecule has 0 atom stereocenters. The molecule has 0 unspecified atom stereocenters. The molecule has 1 spiro atoms. The Labute approximate surface area is 94.9 Å². The average molecular weight is 254 g/mol. The molecule has 2 heterocycles. The van der Waals surface area contributed by atoms with Gasteiger partial charge in [-0.3, -0.25) is 0 Å². The first-order valence-corrected chi connectivity index (χ1v) is 9.17. The molecule has 1 N–H and O–H groups in total. The van der Waals surface area contributed by atoms with Gasteiger partial charge >= 0.3 is 94.7 Å². The quantitative estimate of drug-likeness (QED) is 0.747. The summed E-state index contributed by atoms with van der Waals surface area (Å²) in [4.78, 5) is 0. The molecule has 0 saturated carbocycles. The van der Waals surface area contributed by atoms with E-state index in [1.165, 1.54) is 25.9 Å². The van der Waals surface area contributed by atoms with Crippen LogP contribution in [0.3, 0.4) is 0 Å². The monoisotopic (exact) mass is 255 g/mol. The number of hydrogen-bond donors (Lipinski definition) is 1. The predicted octanol–water partition coefficient (Wildman–Crippen LogP) is 2.72. The molecule has 2 radical (unpaired) electrons. The second-order valence-electron chi connectivity index (χ2n) is 5.12. The van der Waals surface area contributed by atoms with Crippen LogP contribution >= 0.6 is 0 Å². The van der Waals surface area contributed by atoms with Crippen molar-refractivity contribution < 1.29 is 0 Å². The molecule has 0 amide bonds. The molecular weight excluding hydrogens is 231 g/mol. The van der Waals surface area contributed by atoms with Crippen LogP contribution in [0.2, 0.25) is 10.5 Å². The zero-order valence-electron chi connectivity index (χ0n) is 9.66. The zero-order chi connectivity index (χ0) is 10.1. The van der Waals surface area contributed by atoms with E-state index in [2.05, 4.69) is 19.2 Å². The first-order valence-electron chi connectivity index (χ1n) is 6.20. The van der Waals surface area contributed by atoms with E-state index in [1.54, 1.807) is 23.3 Å². The van der Waals surface area contributed by atoms with Crippen molar-refractivity contribution in [2.24, 2.45) is 10.8 Å². The second-order valence-corrected chi connectivity index (χ2v) is 8.27. The van der Waals surface area contributed by atoms with Crippen LogP contribution in [0.5, 0.6) is 0 Å². The molecule has 2 rings (SSSR count). The zero-order valence-corrected chi connectivity index (χ0v) is 11.8. The summed E-state index contributed by atoms with van der Waals surface area (Å²) in [6.07, 6.45) is 5.86. The number of rotatable bonds is 2. The van der Waals surface area contributed by atoms with Crippen LogP contribution in [0.25, 0.3) is 0 Å². The van der Waals surface area contributed by atoms with E-state index in [4.69, 9.17) is 0 Å². The van der Waals surface area contributed by atoms with Gasteiger partial charge in [-0.05, 0) is 0 Å². The Bertz CT molecular complexity index is 192. The van der Waals surface area contributed by atoms with Crippen molar-refractivity contribution in [1.82, 2.24) is 5.32 Å². The van der Waals surface area contributed by atoms with E-state index in [9.17, 15) is 0 Å². The molecule has 2 saturated heterocycles. The molecule has 0 aromatic rings. The summed E-state index contributed by atoms with van der Waals surface area (Å²) in [5.41, 5.74) is 1.36. The Kier molecular flexibility index (Phi) is 3.28. The molecule has 0 aliphatic carbocycles. The fourth-order valence-electron chi connectivity index (χ4n) is 3.78. The van der Waals surface area contributed by atoms with Gasteiger partial charge in [-0.1, -0.05) is 0 Å². The van der Waals surface area contributed by atoms with Crippen molar-refractivity contribution in [3.63, 3.8) is 0 Å². The van der Waals surface area contributed by atoms with Gasteiger partial charge in [-0.25, -0.2) is 0 Å². The van der Waals surface area contributed by atoms with Crippen molar-refractivity contribution in [2.45, 2.75) is 50.0 Å². The van der Waals surface area contributed by atoms with Crippen LogP contribution in [0.1, 0.15) is 39.5 Å². The summed E-state index contributed by atoms with van der Waals surface area (Å²) in [5, 5.41) is 6.89. The van der Waals surface area contributed by atoms with Gasteiger partial charge in [0.05, 0.1) is 0 Å². The third-order valence-corrected chi connectivity index (χ3v) is 7.50. The second kappa shape index (κ2) is 4.17. The fraction of sp³-hybridized carbons (Fsp3) is 1.00. The van der Waals surface area contributed by atoms with Gasteiger partial charge in [-0.15, -0.1) is 0 Å². The molecule has 14 heavy (non-hydrogen) atoms. The average Bonchev–Trinajstić information content (AvgIpc) is 2.58. The third kappa shape index (κ3) is 1.47. The van der Waals surface area contributed by atoms with E-state index >= 15 is 0 Å². The Morgan fingerprint density at radius 3 is 2.29 bits per heavy atom. The molecule has 2 aliphatic heterocycles. The summed E-state index contributed by atoms with van der Waals surface area (Å²) in [5.74, 6) is 0. The predicted molar refractivity (Wildman–Crippen MR) is 62.9 cm³/mol. The standard InChI is InChI=1S/C12H23GeN/c1-3-11(4-2)9-14-10-12(11)5-7-13-8-6-12/h14H,3-10H2,1-2H3. The van der Waals surface area contributed by atoms with Gasteiger partial charge in [-0.2, -0.15) is 0 Å². The fourth-order valence-corrected chi connectivity index (χ4v) is 7.05.